The van der Waals surface area contributed by atoms with Gasteiger partial charge in [0, 0.05) is 0 Å². The van der Waals surface area contributed by atoms with Gasteiger partial charge < -0.3 is 10.2 Å². The number of carbonyl (C=O) groups is 2. The maximum Gasteiger partial charge on any atom is 0.335 e. The van der Waals surface area contributed by atoms with Crippen LogP contribution in [0.3, 0.4) is 0 Å². The summed E-state index contributed by atoms with van der Waals surface area (Å²) in [5, 5.41) is 17.2. The summed E-state index contributed by atoms with van der Waals surface area (Å²) < 4.78 is 30.2. The topological polar surface area (TPSA) is 129 Å². The van der Waals surface area contributed by atoms with Gasteiger partial charge in [0.1, 0.15) is 0 Å². The van der Waals surface area contributed by atoms with Gasteiger partial charge in [-0.1, -0.05) is 0 Å². The van der Waals surface area contributed by atoms with E-state index in [0.29, 0.717) is 12.1 Å². The van der Waals surface area contributed by atoms with Crippen LogP contribution in [-0.2, 0) is 16.3 Å². The molecule has 0 spiro atoms. The molecule has 0 fully saturated rings. The first-order valence-corrected chi connectivity index (χ1v) is 17.7. The van der Waals surface area contributed by atoms with Gasteiger partial charge in [-0.05, 0) is 18.2 Å². The predicted octanol–water partition coefficient (Wildman–Crippen LogP) is 7.30. The molecule has 0 bridgehead atoms. The molecule has 214 valence electrons. The minimum absolute atomic E-state index is 0.535. The van der Waals surface area contributed by atoms with E-state index >= 15 is 0 Å². The number of hydrogen-bond donors (Lipinski definition) is 3. The third kappa shape index (κ3) is 12.5. The summed E-state index contributed by atoms with van der Waals surface area (Å²) in [6.45, 7) is 9.46. The molecule has 0 heterocycles. The van der Waals surface area contributed by atoms with Crippen molar-refractivity contribution < 1.29 is 32.8 Å². The number of unbranched alkanes of at least 4 members (excludes halogenated alkanes) is 2. The molecule has 0 saturated heterocycles. The average molecular weight is 569 g/mol. The molecule has 2 aromatic rings. The van der Waals surface area contributed by atoms with Crippen molar-refractivity contribution >= 4 is 29.3 Å². The van der Waals surface area contributed by atoms with Gasteiger partial charge >= 0.3 is 152 Å². The molecule has 7 nitrogen and oxygen atoms in total. The van der Waals surface area contributed by atoms with E-state index < -0.39 is 45.3 Å². The zero-order valence-electron chi connectivity index (χ0n) is 23.2. The molecular formula is C29H45O7PS. The van der Waals surface area contributed by atoms with Gasteiger partial charge in [-0.3, -0.25) is 4.55 Å². The maximum atomic E-state index is 10.8. The normalized spacial score (nSPS) is 12.1. The van der Waals surface area contributed by atoms with Crippen molar-refractivity contribution in [3.8, 4) is 0 Å². The van der Waals surface area contributed by atoms with Crippen LogP contribution in [0.5, 0.6) is 0 Å². The average Bonchev–Trinajstić information content (AvgIpc) is 2.86. The van der Waals surface area contributed by atoms with E-state index in [4.69, 9.17) is 14.8 Å². The van der Waals surface area contributed by atoms with Crippen LogP contribution < -0.4 is 0 Å². The first-order valence-electron chi connectivity index (χ1n) is 13.5. The second-order valence-corrected chi connectivity index (χ2v) is 16.8. The zero-order chi connectivity index (χ0) is 28.8. The minimum atomic E-state index is -4.64. The molecule has 3 N–H and O–H groups in total. The fourth-order valence-electron chi connectivity index (χ4n) is 4.65. The quantitative estimate of drug-likeness (QED) is 0.152. The molecule has 2 rings (SSSR count). The van der Waals surface area contributed by atoms with E-state index in [1.165, 1.54) is 44.7 Å². The molecule has 9 heteroatoms. The van der Waals surface area contributed by atoms with Crippen LogP contribution >= 0.6 is 7.26 Å². The smallest absolute Gasteiger partial charge is 0.335 e. The van der Waals surface area contributed by atoms with Gasteiger partial charge in [0.25, 0.3) is 10.1 Å². The van der Waals surface area contributed by atoms with Gasteiger partial charge in [0.05, 0.1) is 16.0 Å². The van der Waals surface area contributed by atoms with E-state index in [9.17, 15) is 18.0 Å². The van der Waals surface area contributed by atoms with E-state index in [-0.39, 0.29) is 0 Å². The molecule has 2 aromatic carbocycles. The monoisotopic (exact) mass is 568 g/mol. The molecule has 0 saturated carbocycles. The predicted molar refractivity (Wildman–Crippen MR) is 157 cm³/mol. The standard InChI is InChI=1S/C21H39P.C8H6O7S/c1-5-7-16-22(17-8-6-2,18-12-13-20(3)4)19-21-14-10-9-11-15-21;9-7(10)4-1-5(8(11)12)3-6(2-4)16(13,14)15/h9-11,14-15,20,22H,5-8,12-13,16-19H2,1-4H3;1-3H,(H,9,10)(H,11,12)(H,13,14,15). The SMILES string of the molecule is CCCC[PH](CCCC)(CCCC(C)C)Cc1ccccc1.O=C(O)c1cc(C(=O)O)cc(S(=O)(=O)O)c1. The van der Waals surface area contributed by atoms with E-state index in [0.717, 1.165) is 12.0 Å². The molecule has 0 aromatic heterocycles. The van der Waals surface area contributed by atoms with E-state index in [1.54, 1.807) is 24.0 Å². The Kier molecular flexibility index (Phi) is 14.8. The van der Waals surface area contributed by atoms with E-state index in [1.807, 2.05) is 0 Å². The van der Waals surface area contributed by atoms with Crippen molar-refractivity contribution in [1.29, 1.82) is 0 Å². The van der Waals surface area contributed by atoms with Crippen LogP contribution in [0.2, 0.25) is 0 Å². The summed E-state index contributed by atoms with van der Waals surface area (Å²) in [6.07, 6.45) is 14.6. The Morgan fingerprint density at radius 2 is 1.29 bits per heavy atom. The Morgan fingerprint density at radius 3 is 1.68 bits per heavy atom. The molecule has 0 atom stereocenters. The van der Waals surface area contributed by atoms with Gasteiger partial charge in [0.2, 0.25) is 0 Å². The molecule has 0 unspecified atom stereocenters. The van der Waals surface area contributed by atoms with Gasteiger partial charge in [-0.2, -0.15) is 8.42 Å². The van der Waals surface area contributed by atoms with E-state index in [2.05, 4.69) is 58.0 Å². The van der Waals surface area contributed by atoms with Crippen molar-refractivity contribution in [3.05, 3.63) is 65.2 Å². The molecule has 0 aliphatic rings. The van der Waals surface area contributed by atoms with Gasteiger partial charge in [-0.25, -0.2) is 9.59 Å². The fourth-order valence-corrected chi connectivity index (χ4v) is 10.7. The largest absolute Gasteiger partial charge is 0.478 e. The number of carboxylic acids is 2. The summed E-state index contributed by atoms with van der Waals surface area (Å²) in [6, 6.07) is 13.5. The summed E-state index contributed by atoms with van der Waals surface area (Å²) in [5.41, 5.74) is 0.533. The molecule has 0 aliphatic heterocycles. The number of benzene rings is 2. The van der Waals surface area contributed by atoms with Crippen LogP contribution in [0.15, 0.2) is 53.4 Å². The molecule has 0 aliphatic carbocycles. The Labute approximate surface area is 228 Å². The van der Waals surface area contributed by atoms with Crippen LogP contribution in [0.1, 0.15) is 92.5 Å². The second kappa shape index (κ2) is 16.6. The number of aromatic carboxylic acids is 2. The first kappa shape index (κ1) is 33.7. The Morgan fingerprint density at radius 1 is 0.816 bits per heavy atom. The third-order valence-corrected chi connectivity index (χ3v) is 13.0. The Bertz CT molecular complexity index is 1070. The third-order valence-electron chi connectivity index (χ3n) is 6.73. The van der Waals surface area contributed by atoms with Crippen LogP contribution in [-0.4, -0.2) is 53.6 Å². The van der Waals surface area contributed by atoms with Crippen LogP contribution in [0, 0.1) is 5.92 Å². The number of carboxylic acid groups (broad SMARTS) is 2. The van der Waals surface area contributed by atoms with Crippen molar-refractivity contribution in [3.63, 3.8) is 0 Å². The maximum absolute atomic E-state index is 10.8. The fraction of sp³-hybridized carbons (Fsp3) is 0.517. The van der Waals surface area contributed by atoms with Gasteiger partial charge in [0.15, 0.2) is 0 Å². The summed E-state index contributed by atoms with van der Waals surface area (Å²) >= 11 is 0. The zero-order valence-corrected chi connectivity index (χ0v) is 25.0. The Balaban J connectivity index is 0.000000399. The minimum Gasteiger partial charge on any atom is -0.478 e. The molecule has 38 heavy (non-hydrogen) atoms. The Hall–Kier alpha value is -2.28. The van der Waals surface area contributed by atoms with Crippen LogP contribution in [0.25, 0.3) is 0 Å². The van der Waals surface area contributed by atoms with Crippen molar-refractivity contribution in [2.45, 2.75) is 77.3 Å². The van der Waals surface area contributed by atoms with Gasteiger partial charge in [-0.15, -0.1) is 0 Å². The molecular weight excluding hydrogens is 523 g/mol. The van der Waals surface area contributed by atoms with Crippen molar-refractivity contribution in [2.75, 3.05) is 18.5 Å². The second-order valence-electron chi connectivity index (χ2n) is 10.5. The summed E-state index contributed by atoms with van der Waals surface area (Å²) in [7, 11) is -5.79. The summed E-state index contributed by atoms with van der Waals surface area (Å²) in [4.78, 5) is 20.4. The number of rotatable bonds is 15. The summed E-state index contributed by atoms with van der Waals surface area (Å²) in [5.74, 6) is -2.12. The molecule has 0 radical (unpaired) electrons. The first-order chi connectivity index (χ1) is 17.8. The molecule has 0 amide bonds. The van der Waals surface area contributed by atoms with Crippen LogP contribution in [0.4, 0.5) is 0 Å². The van der Waals surface area contributed by atoms with Crippen molar-refractivity contribution in [2.24, 2.45) is 5.92 Å². The number of hydrogen-bond acceptors (Lipinski definition) is 4. The van der Waals surface area contributed by atoms with Crippen molar-refractivity contribution in [1.82, 2.24) is 0 Å².